The minimum Gasteiger partial charge on any atom is -0.374 e. The molecule has 0 unspecified atom stereocenters. The maximum atomic E-state index is 12.0. The van der Waals surface area contributed by atoms with E-state index in [1.165, 1.54) is 5.56 Å². The van der Waals surface area contributed by atoms with Gasteiger partial charge in [0.1, 0.15) is 0 Å². The number of carbonyl (C=O) groups excluding carboxylic acids is 2. The summed E-state index contributed by atoms with van der Waals surface area (Å²) in [5, 5.41) is 2.87. The standard InChI is InChI=1S/C15H21N3O2/c1-18-9-7-11-5-6-12(10-13(11)18)15(20)17-8-3-2-4-14(16)19/h5-6,10H,2-4,7-9H2,1H3,(H2,16,19)(H,17,20). The molecule has 5 heteroatoms. The summed E-state index contributed by atoms with van der Waals surface area (Å²) in [5.74, 6) is -0.356. The topological polar surface area (TPSA) is 75.4 Å². The Bertz CT molecular complexity index is 514. The van der Waals surface area contributed by atoms with Crippen LogP contribution in [-0.4, -0.2) is 32.0 Å². The molecule has 1 aliphatic heterocycles. The minimum absolute atomic E-state index is 0.0628. The van der Waals surface area contributed by atoms with Gasteiger partial charge in [-0.1, -0.05) is 6.07 Å². The predicted molar refractivity (Wildman–Crippen MR) is 78.8 cm³/mol. The van der Waals surface area contributed by atoms with E-state index in [-0.39, 0.29) is 11.8 Å². The predicted octanol–water partition coefficient (Wildman–Crippen LogP) is 1.06. The van der Waals surface area contributed by atoms with Gasteiger partial charge in [-0.25, -0.2) is 0 Å². The molecule has 0 aromatic heterocycles. The summed E-state index contributed by atoms with van der Waals surface area (Å²) in [6, 6.07) is 5.85. The molecule has 1 aromatic rings. The lowest BCUT2D eigenvalue weighted by molar-refractivity contribution is -0.118. The van der Waals surface area contributed by atoms with Crippen molar-refractivity contribution in [1.29, 1.82) is 0 Å². The monoisotopic (exact) mass is 275 g/mol. The number of likely N-dealkylation sites (N-methyl/N-ethyl adjacent to an activating group) is 1. The molecule has 1 aromatic carbocycles. The van der Waals surface area contributed by atoms with Gasteiger partial charge in [-0.2, -0.15) is 0 Å². The summed E-state index contributed by atoms with van der Waals surface area (Å²) >= 11 is 0. The van der Waals surface area contributed by atoms with Crippen LogP contribution in [0.4, 0.5) is 5.69 Å². The van der Waals surface area contributed by atoms with E-state index in [4.69, 9.17) is 5.73 Å². The van der Waals surface area contributed by atoms with E-state index in [2.05, 4.69) is 10.2 Å². The Morgan fingerprint density at radius 3 is 2.90 bits per heavy atom. The van der Waals surface area contributed by atoms with Gasteiger partial charge >= 0.3 is 0 Å². The number of primary amides is 1. The second kappa shape index (κ2) is 6.41. The molecule has 0 fully saturated rings. The number of carbonyl (C=O) groups is 2. The van der Waals surface area contributed by atoms with Crippen LogP contribution in [0.5, 0.6) is 0 Å². The summed E-state index contributed by atoms with van der Waals surface area (Å²) in [5.41, 5.74) is 8.19. The first-order valence-corrected chi connectivity index (χ1v) is 6.98. The van der Waals surface area contributed by atoms with Crippen molar-refractivity contribution in [3.63, 3.8) is 0 Å². The Morgan fingerprint density at radius 2 is 2.15 bits per heavy atom. The number of fused-ring (bicyclic) bond motifs is 1. The number of hydrogen-bond acceptors (Lipinski definition) is 3. The first kappa shape index (κ1) is 14.4. The molecular weight excluding hydrogens is 254 g/mol. The molecule has 0 saturated heterocycles. The van der Waals surface area contributed by atoms with Crippen LogP contribution in [0.3, 0.4) is 0 Å². The van der Waals surface area contributed by atoms with Crippen LogP contribution >= 0.6 is 0 Å². The average molecular weight is 275 g/mol. The van der Waals surface area contributed by atoms with E-state index < -0.39 is 0 Å². The highest BCUT2D eigenvalue weighted by molar-refractivity contribution is 5.95. The van der Waals surface area contributed by atoms with Gasteiger partial charge < -0.3 is 16.0 Å². The van der Waals surface area contributed by atoms with Gasteiger partial charge in [0, 0.05) is 37.8 Å². The Kier molecular flexibility index (Phi) is 4.61. The zero-order chi connectivity index (χ0) is 14.5. The molecule has 0 aliphatic carbocycles. The molecule has 0 spiro atoms. The smallest absolute Gasteiger partial charge is 0.251 e. The van der Waals surface area contributed by atoms with Crippen LogP contribution in [0, 0.1) is 0 Å². The molecule has 1 heterocycles. The van der Waals surface area contributed by atoms with E-state index in [0.717, 1.165) is 25.1 Å². The van der Waals surface area contributed by atoms with Crippen LogP contribution in [0.25, 0.3) is 0 Å². The first-order chi connectivity index (χ1) is 9.58. The van der Waals surface area contributed by atoms with E-state index >= 15 is 0 Å². The molecule has 0 saturated carbocycles. The van der Waals surface area contributed by atoms with Crippen LogP contribution in [0.2, 0.25) is 0 Å². The molecule has 3 N–H and O–H groups in total. The molecule has 2 rings (SSSR count). The highest BCUT2D eigenvalue weighted by Gasteiger charge is 2.17. The molecular formula is C15H21N3O2. The van der Waals surface area contributed by atoms with Gasteiger partial charge in [-0.3, -0.25) is 9.59 Å². The maximum Gasteiger partial charge on any atom is 0.251 e. The zero-order valence-electron chi connectivity index (χ0n) is 11.8. The van der Waals surface area contributed by atoms with E-state index in [0.29, 0.717) is 24.9 Å². The first-order valence-electron chi connectivity index (χ1n) is 6.98. The number of amides is 2. The molecule has 108 valence electrons. The van der Waals surface area contributed by atoms with Crippen LogP contribution < -0.4 is 16.0 Å². The third-order valence-corrected chi connectivity index (χ3v) is 3.61. The molecule has 2 amide bonds. The zero-order valence-corrected chi connectivity index (χ0v) is 11.8. The van der Waals surface area contributed by atoms with Crippen molar-refractivity contribution in [3.8, 4) is 0 Å². The number of unbranched alkanes of at least 4 members (excludes halogenated alkanes) is 1. The van der Waals surface area contributed by atoms with E-state index in [1.54, 1.807) is 0 Å². The highest BCUT2D eigenvalue weighted by Crippen LogP contribution is 2.27. The second-order valence-corrected chi connectivity index (χ2v) is 5.19. The Balaban J connectivity index is 1.84. The fourth-order valence-corrected chi connectivity index (χ4v) is 2.41. The fourth-order valence-electron chi connectivity index (χ4n) is 2.41. The largest absolute Gasteiger partial charge is 0.374 e. The number of hydrogen-bond donors (Lipinski definition) is 2. The molecule has 0 bridgehead atoms. The molecule has 5 nitrogen and oxygen atoms in total. The normalized spacial score (nSPS) is 13.2. The van der Waals surface area contributed by atoms with Crippen LogP contribution in [0.15, 0.2) is 18.2 Å². The van der Waals surface area contributed by atoms with Gasteiger partial charge in [0.2, 0.25) is 5.91 Å². The third-order valence-electron chi connectivity index (χ3n) is 3.61. The molecule has 0 radical (unpaired) electrons. The summed E-state index contributed by atoms with van der Waals surface area (Å²) in [7, 11) is 2.04. The van der Waals surface area contributed by atoms with Crippen molar-refractivity contribution < 1.29 is 9.59 Å². The molecule has 0 atom stereocenters. The summed E-state index contributed by atoms with van der Waals surface area (Å²) < 4.78 is 0. The van der Waals surface area contributed by atoms with Gasteiger partial charge in [0.05, 0.1) is 0 Å². The van der Waals surface area contributed by atoms with Gasteiger partial charge in [0.15, 0.2) is 0 Å². The summed E-state index contributed by atoms with van der Waals surface area (Å²) in [6.45, 7) is 1.58. The Labute approximate surface area is 119 Å². The minimum atomic E-state index is -0.294. The van der Waals surface area contributed by atoms with Gasteiger partial charge in [0.25, 0.3) is 5.91 Å². The van der Waals surface area contributed by atoms with E-state index in [9.17, 15) is 9.59 Å². The van der Waals surface area contributed by atoms with Crippen molar-refractivity contribution in [2.24, 2.45) is 5.73 Å². The quantitative estimate of drug-likeness (QED) is 0.762. The number of nitrogens with zero attached hydrogens (tertiary/aromatic N) is 1. The summed E-state index contributed by atoms with van der Waals surface area (Å²) in [4.78, 5) is 24.8. The van der Waals surface area contributed by atoms with Crippen molar-refractivity contribution in [2.75, 3.05) is 25.0 Å². The van der Waals surface area contributed by atoms with Gasteiger partial charge in [-0.15, -0.1) is 0 Å². The van der Waals surface area contributed by atoms with E-state index in [1.807, 2.05) is 25.2 Å². The Morgan fingerprint density at radius 1 is 1.35 bits per heavy atom. The number of rotatable bonds is 6. The summed E-state index contributed by atoms with van der Waals surface area (Å²) in [6.07, 6.45) is 2.89. The van der Waals surface area contributed by atoms with Crippen LogP contribution in [-0.2, 0) is 11.2 Å². The number of nitrogens with two attached hydrogens (primary N) is 1. The third kappa shape index (κ3) is 3.50. The SMILES string of the molecule is CN1CCc2ccc(C(=O)NCCCCC(N)=O)cc21. The fraction of sp³-hybridized carbons (Fsp3) is 0.467. The molecule has 20 heavy (non-hydrogen) atoms. The van der Waals surface area contributed by atoms with Gasteiger partial charge in [-0.05, 0) is 37.0 Å². The number of benzene rings is 1. The van der Waals surface area contributed by atoms with Crippen molar-refractivity contribution >= 4 is 17.5 Å². The lowest BCUT2D eigenvalue weighted by Crippen LogP contribution is -2.25. The van der Waals surface area contributed by atoms with Crippen molar-refractivity contribution in [3.05, 3.63) is 29.3 Å². The Hall–Kier alpha value is -2.04. The second-order valence-electron chi connectivity index (χ2n) is 5.19. The maximum absolute atomic E-state index is 12.0. The highest BCUT2D eigenvalue weighted by atomic mass is 16.2. The van der Waals surface area contributed by atoms with Crippen molar-refractivity contribution in [1.82, 2.24) is 5.32 Å². The average Bonchev–Trinajstić information content (AvgIpc) is 2.79. The number of anilines is 1. The molecule has 1 aliphatic rings. The van der Waals surface area contributed by atoms with Crippen LogP contribution in [0.1, 0.15) is 35.2 Å². The lowest BCUT2D eigenvalue weighted by Gasteiger charge is -2.13. The number of nitrogens with one attached hydrogen (secondary N) is 1. The lowest BCUT2D eigenvalue weighted by atomic mass is 10.1. The van der Waals surface area contributed by atoms with Crippen molar-refractivity contribution in [2.45, 2.75) is 25.7 Å².